The molecule has 0 unspecified atom stereocenters. The molecule has 1 aromatic heterocycles. The number of morpholine rings is 1. The Hall–Kier alpha value is -3.29. The molecule has 1 aromatic carbocycles. The summed E-state index contributed by atoms with van der Waals surface area (Å²) in [5.41, 5.74) is 6.06. The van der Waals surface area contributed by atoms with Crippen molar-refractivity contribution >= 4 is 40.4 Å². The summed E-state index contributed by atoms with van der Waals surface area (Å²) < 4.78 is 35.3. The van der Waals surface area contributed by atoms with Gasteiger partial charge in [-0.15, -0.1) is 0 Å². The second kappa shape index (κ2) is 8.36. The van der Waals surface area contributed by atoms with E-state index in [0.29, 0.717) is 37.4 Å². The number of aromatic nitrogens is 1. The van der Waals surface area contributed by atoms with Crippen molar-refractivity contribution in [3.05, 3.63) is 70.6 Å². The molecule has 2 aliphatic heterocycles. The normalized spacial score (nSPS) is 29.8. The summed E-state index contributed by atoms with van der Waals surface area (Å²) >= 11 is 1.28. The number of carbonyl (C=O) groups is 1. The van der Waals surface area contributed by atoms with Crippen LogP contribution >= 0.6 is 11.8 Å². The maximum atomic E-state index is 15.3. The van der Waals surface area contributed by atoms with Gasteiger partial charge in [-0.1, -0.05) is 23.9 Å². The van der Waals surface area contributed by atoms with Gasteiger partial charge in [-0.25, -0.2) is 13.6 Å². The summed E-state index contributed by atoms with van der Waals surface area (Å²) in [6, 6.07) is 7.24. The molecule has 1 spiro atoms. The van der Waals surface area contributed by atoms with Crippen LogP contribution in [0, 0.1) is 18.3 Å². The number of amidine groups is 1. The number of hydrogen-bond acceptors (Lipinski definition) is 6. The maximum Gasteiger partial charge on any atom is 0.239 e. The molecule has 7 nitrogen and oxygen atoms in total. The van der Waals surface area contributed by atoms with Crippen LogP contribution in [0.5, 0.6) is 0 Å². The van der Waals surface area contributed by atoms with Crippen molar-refractivity contribution in [1.29, 1.82) is 0 Å². The number of pyridine rings is 1. The van der Waals surface area contributed by atoms with Gasteiger partial charge < -0.3 is 15.4 Å². The van der Waals surface area contributed by atoms with E-state index in [2.05, 4.69) is 14.8 Å². The Morgan fingerprint density at radius 1 is 1.35 bits per heavy atom. The third-order valence-electron chi connectivity index (χ3n) is 7.87. The molecule has 2 N–H and O–H groups in total. The molecule has 190 valence electrons. The summed E-state index contributed by atoms with van der Waals surface area (Å²) in [6.07, 6.45) is 5.02. The van der Waals surface area contributed by atoms with E-state index in [4.69, 9.17) is 17.0 Å². The lowest BCUT2D eigenvalue weighted by molar-refractivity contribution is -0.141. The van der Waals surface area contributed by atoms with Crippen LogP contribution < -0.4 is 5.73 Å². The Bertz CT molecular complexity index is 1400. The molecule has 2 saturated carbocycles. The molecular formula is C27H25F2N5O2S. The average molecular weight is 522 g/mol. The van der Waals surface area contributed by atoms with Crippen molar-refractivity contribution in [1.82, 2.24) is 9.88 Å². The zero-order valence-corrected chi connectivity index (χ0v) is 21.0. The molecule has 2 aromatic rings. The lowest BCUT2D eigenvalue weighted by Crippen LogP contribution is -2.52. The Morgan fingerprint density at radius 3 is 2.86 bits per heavy atom. The minimum absolute atomic E-state index is 0.0117. The summed E-state index contributed by atoms with van der Waals surface area (Å²) in [6.45, 7) is 10.4. The van der Waals surface area contributed by atoms with Crippen molar-refractivity contribution in [2.45, 2.75) is 42.1 Å². The van der Waals surface area contributed by atoms with Crippen LogP contribution in [0.3, 0.4) is 0 Å². The lowest BCUT2D eigenvalue weighted by Gasteiger charge is -2.38. The number of benzene rings is 1. The van der Waals surface area contributed by atoms with Gasteiger partial charge in [0.05, 0.1) is 30.0 Å². The molecular weight excluding hydrogens is 496 g/mol. The van der Waals surface area contributed by atoms with E-state index in [1.807, 2.05) is 4.90 Å². The average Bonchev–Trinajstić information content (AvgIpc) is 3.81. The molecule has 1 amide bonds. The maximum absolute atomic E-state index is 15.3. The standard InChI is InChI=1S/C27H25F2N5O2S/c1-25(18-11-16(3-5-19(18)28)12-20(29)21-6-4-17(31-2)14-32-21)22-13-27(22,37-24(30)33-25)23(35)34-9-10-36-26(15-34)7-8-26/h3-6,11-12,14,22H,7-10,13,15H2,1H3,(H2,30,33)/b20-12-/t22-,25+,27-/m0/s1. The molecule has 4 aliphatic rings. The first kappa shape index (κ1) is 24.1. The SMILES string of the molecule is [C-]#[N+]c1ccc(/C(F)=C/c2ccc(F)c([C@@]3(C)N=C(N)S[C@@]4(C(=O)N5CCOC6(CC6)C5)C[C@H]43)c2)nc1. The van der Waals surface area contributed by atoms with E-state index in [0.717, 1.165) is 12.8 Å². The monoisotopic (exact) mass is 521 g/mol. The second-order valence-corrected chi connectivity index (χ2v) is 11.7. The Kier molecular flexibility index (Phi) is 5.44. The molecule has 3 heterocycles. The van der Waals surface area contributed by atoms with Gasteiger partial charge in [-0.3, -0.25) is 14.8 Å². The number of hydrogen-bond donors (Lipinski definition) is 1. The Labute approximate surface area is 217 Å². The predicted molar refractivity (Wildman–Crippen MR) is 138 cm³/mol. The number of amides is 1. The minimum atomic E-state index is -1.07. The number of halogens is 2. The van der Waals surface area contributed by atoms with E-state index >= 15 is 4.39 Å². The van der Waals surface area contributed by atoms with Gasteiger partial charge in [0.25, 0.3) is 0 Å². The van der Waals surface area contributed by atoms with Gasteiger partial charge in [0.1, 0.15) is 16.4 Å². The number of nitrogens with two attached hydrogens (primary N) is 1. The third-order valence-corrected chi connectivity index (χ3v) is 9.16. The number of thioether (sulfide) groups is 1. The quantitative estimate of drug-likeness (QED) is 0.592. The highest BCUT2D eigenvalue weighted by molar-refractivity contribution is 8.15. The Balaban J connectivity index is 1.31. The summed E-state index contributed by atoms with van der Waals surface area (Å²) in [5, 5.41) is 0.245. The number of rotatable bonds is 4. The topological polar surface area (TPSA) is 85.2 Å². The molecule has 2 aliphatic carbocycles. The predicted octanol–water partition coefficient (Wildman–Crippen LogP) is 4.67. The van der Waals surface area contributed by atoms with E-state index in [1.165, 1.54) is 48.3 Å². The number of fused-ring (bicyclic) bond motifs is 1. The van der Waals surface area contributed by atoms with Crippen molar-refractivity contribution in [2.24, 2.45) is 16.6 Å². The van der Waals surface area contributed by atoms with Gasteiger partial charge in [-0.05, 0) is 56.0 Å². The third kappa shape index (κ3) is 4.01. The van der Waals surface area contributed by atoms with Crippen LogP contribution in [-0.2, 0) is 15.1 Å². The van der Waals surface area contributed by atoms with Crippen molar-refractivity contribution in [2.75, 3.05) is 19.7 Å². The van der Waals surface area contributed by atoms with Crippen LogP contribution in [0.4, 0.5) is 14.5 Å². The van der Waals surface area contributed by atoms with Gasteiger partial charge in [0.2, 0.25) is 11.6 Å². The highest BCUT2D eigenvalue weighted by atomic mass is 32.2. The van der Waals surface area contributed by atoms with Crippen molar-refractivity contribution in [3.63, 3.8) is 0 Å². The molecule has 6 rings (SSSR count). The van der Waals surface area contributed by atoms with Crippen LogP contribution in [0.1, 0.15) is 43.0 Å². The fourth-order valence-corrected chi connectivity index (χ4v) is 7.06. The molecule has 1 saturated heterocycles. The molecule has 0 radical (unpaired) electrons. The Morgan fingerprint density at radius 2 is 2.16 bits per heavy atom. The first-order chi connectivity index (χ1) is 17.7. The fourth-order valence-electron chi connectivity index (χ4n) is 5.62. The zero-order valence-electron chi connectivity index (χ0n) is 20.2. The lowest BCUT2D eigenvalue weighted by atomic mass is 9.84. The molecule has 3 atom stereocenters. The number of aliphatic imine (C=N–C) groups is 1. The van der Waals surface area contributed by atoms with Gasteiger partial charge in [-0.2, -0.15) is 0 Å². The zero-order chi connectivity index (χ0) is 26.0. The van der Waals surface area contributed by atoms with Crippen LogP contribution in [0.15, 0.2) is 41.5 Å². The summed E-state index contributed by atoms with van der Waals surface area (Å²) in [5.74, 6) is -1.33. The first-order valence-electron chi connectivity index (χ1n) is 12.2. The van der Waals surface area contributed by atoms with Crippen molar-refractivity contribution < 1.29 is 18.3 Å². The van der Waals surface area contributed by atoms with Crippen LogP contribution in [0.25, 0.3) is 16.7 Å². The fraction of sp³-hybridized carbons (Fsp3) is 0.407. The van der Waals surface area contributed by atoms with E-state index < -0.39 is 21.9 Å². The smallest absolute Gasteiger partial charge is 0.239 e. The number of carbonyl (C=O) groups excluding carboxylic acids is 1. The van der Waals surface area contributed by atoms with Gasteiger partial charge in [0.15, 0.2) is 5.17 Å². The molecule has 10 heteroatoms. The van der Waals surface area contributed by atoms with E-state index in [9.17, 15) is 9.18 Å². The highest BCUT2D eigenvalue weighted by Gasteiger charge is 2.71. The van der Waals surface area contributed by atoms with Crippen molar-refractivity contribution in [3.8, 4) is 0 Å². The number of nitrogens with zero attached hydrogens (tertiary/aromatic N) is 4. The van der Waals surface area contributed by atoms with E-state index in [1.54, 1.807) is 13.0 Å². The second-order valence-electron chi connectivity index (χ2n) is 10.3. The van der Waals surface area contributed by atoms with Gasteiger partial charge >= 0.3 is 0 Å². The minimum Gasteiger partial charge on any atom is -0.378 e. The summed E-state index contributed by atoms with van der Waals surface area (Å²) in [4.78, 5) is 27.5. The first-order valence-corrected chi connectivity index (χ1v) is 13.0. The van der Waals surface area contributed by atoms with Gasteiger partial charge in [0, 0.05) is 30.8 Å². The summed E-state index contributed by atoms with van der Waals surface area (Å²) in [7, 11) is 0. The number of ether oxygens (including phenoxy) is 1. The highest BCUT2D eigenvalue weighted by Crippen LogP contribution is 2.66. The largest absolute Gasteiger partial charge is 0.378 e. The molecule has 0 bridgehead atoms. The molecule has 3 fully saturated rings. The van der Waals surface area contributed by atoms with Crippen LogP contribution in [0.2, 0.25) is 0 Å². The molecule has 37 heavy (non-hydrogen) atoms. The van der Waals surface area contributed by atoms with E-state index in [-0.39, 0.29) is 33.9 Å². The van der Waals surface area contributed by atoms with Crippen LogP contribution in [-0.4, -0.2) is 51.0 Å².